The molecule has 0 bridgehead atoms. The minimum absolute atomic E-state index is 0.214. The Bertz CT molecular complexity index is 538. The zero-order valence-corrected chi connectivity index (χ0v) is 15.3. The van der Waals surface area contributed by atoms with E-state index in [1.54, 1.807) is 12.1 Å². The van der Waals surface area contributed by atoms with Gasteiger partial charge in [-0.3, -0.25) is 0 Å². The maximum absolute atomic E-state index is 14.4. The average molecular weight is 352 g/mol. The highest BCUT2D eigenvalue weighted by Gasteiger charge is 2.26. The number of hydrogen-bond acceptors (Lipinski definition) is 4. The van der Waals surface area contributed by atoms with Crippen molar-refractivity contribution in [2.75, 3.05) is 19.8 Å². The molecule has 1 aromatic carbocycles. The van der Waals surface area contributed by atoms with Crippen molar-refractivity contribution >= 4 is 5.97 Å². The number of esters is 1. The normalized spacial score (nSPS) is 20.4. The molecule has 1 aliphatic heterocycles. The first-order valence-electron chi connectivity index (χ1n) is 9.35. The van der Waals surface area contributed by atoms with E-state index in [9.17, 15) is 9.18 Å². The average Bonchev–Trinajstić information content (AvgIpc) is 2.63. The summed E-state index contributed by atoms with van der Waals surface area (Å²) in [5, 5.41) is 0. The number of carbonyl (C=O) groups is 1. The van der Waals surface area contributed by atoms with Gasteiger partial charge >= 0.3 is 5.97 Å². The lowest BCUT2D eigenvalue weighted by molar-refractivity contribution is -0.207. The predicted molar refractivity (Wildman–Crippen MR) is 93.9 cm³/mol. The fourth-order valence-corrected chi connectivity index (χ4v) is 2.81. The van der Waals surface area contributed by atoms with Crippen LogP contribution >= 0.6 is 0 Å². The first kappa shape index (κ1) is 19.9. The predicted octanol–water partition coefficient (Wildman–Crippen LogP) is 5.02. The zero-order chi connectivity index (χ0) is 18.1. The summed E-state index contributed by atoms with van der Waals surface area (Å²) >= 11 is 0. The third-order valence-corrected chi connectivity index (χ3v) is 4.40. The van der Waals surface area contributed by atoms with Crippen LogP contribution in [0.25, 0.3) is 0 Å². The molecule has 1 aliphatic rings. The Morgan fingerprint density at radius 2 is 1.88 bits per heavy atom. The Balaban J connectivity index is 1.87. The second-order valence-electron chi connectivity index (χ2n) is 6.59. The van der Waals surface area contributed by atoms with Crippen molar-refractivity contribution in [1.29, 1.82) is 0 Å². The highest BCUT2D eigenvalue weighted by Crippen LogP contribution is 2.29. The van der Waals surface area contributed by atoms with Crippen LogP contribution in [-0.4, -0.2) is 25.8 Å². The van der Waals surface area contributed by atoms with Crippen LogP contribution in [0.3, 0.4) is 0 Å². The van der Waals surface area contributed by atoms with Gasteiger partial charge in [-0.25, -0.2) is 9.18 Å². The number of rotatable bonds is 9. The molecule has 140 valence electrons. The molecule has 4 nitrogen and oxygen atoms in total. The minimum Gasteiger partial charge on any atom is -0.462 e. The molecule has 0 aromatic heterocycles. The third-order valence-electron chi connectivity index (χ3n) is 4.40. The molecule has 0 unspecified atom stereocenters. The maximum Gasteiger partial charge on any atom is 0.338 e. The van der Waals surface area contributed by atoms with Gasteiger partial charge in [0.2, 0.25) is 0 Å². The number of halogens is 1. The zero-order valence-electron chi connectivity index (χ0n) is 15.3. The molecule has 1 heterocycles. The molecular weight excluding hydrogens is 323 g/mol. The van der Waals surface area contributed by atoms with Crippen LogP contribution in [0.2, 0.25) is 0 Å². The van der Waals surface area contributed by atoms with Crippen molar-refractivity contribution in [2.45, 2.75) is 58.7 Å². The van der Waals surface area contributed by atoms with E-state index in [1.165, 1.54) is 25.3 Å². The van der Waals surface area contributed by atoms with E-state index in [1.807, 2.05) is 6.92 Å². The minimum atomic E-state index is -0.701. The van der Waals surface area contributed by atoms with E-state index in [0.29, 0.717) is 31.3 Å². The Kier molecular flexibility index (Phi) is 8.35. The summed E-state index contributed by atoms with van der Waals surface area (Å²) < 4.78 is 30.8. The lowest BCUT2D eigenvalue weighted by Crippen LogP contribution is -2.27. The topological polar surface area (TPSA) is 44.8 Å². The van der Waals surface area contributed by atoms with E-state index < -0.39 is 18.1 Å². The van der Waals surface area contributed by atoms with Gasteiger partial charge in [0.05, 0.1) is 25.4 Å². The number of benzene rings is 1. The van der Waals surface area contributed by atoms with Gasteiger partial charge in [0.1, 0.15) is 5.82 Å². The summed E-state index contributed by atoms with van der Waals surface area (Å²) in [5.74, 6) is -0.626. The molecule has 0 aliphatic carbocycles. The number of unbranched alkanes of at least 4 members (excludes halogenated alkanes) is 3. The fraction of sp³-hybridized carbons (Fsp3) is 0.650. The molecular formula is C20H29FO4. The number of hydrogen-bond donors (Lipinski definition) is 0. The number of ether oxygens (including phenoxy) is 3. The molecule has 0 N–H and O–H groups in total. The van der Waals surface area contributed by atoms with Gasteiger partial charge in [0.15, 0.2) is 6.29 Å². The van der Waals surface area contributed by atoms with Crippen LogP contribution in [0.1, 0.15) is 74.6 Å². The second kappa shape index (κ2) is 10.5. The molecule has 1 aromatic rings. The van der Waals surface area contributed by atoms with Gasteiger partial charge in [-0.1, -0.05) is 45.6 Å². The van der Waals surface area contributed by atoms with Crippen molar-refractivity contribution in [2.24, 2.45) is 5.92 Å². The SMILES string of the molecule is CCCCCC1COC(c2ccc(C(=O)OCCCC)cc2F)OC1. The molecule has 0 saturated carbocycles. The molecule has 2 rings (SSSR count). The first-order chi connectivity index (χ1) is 12.2. The maximum atomic E-state index is 14.4. The molecule has 1 fully saturated rings. The van der Waals surface area contributed by atoms with Crippen LogP contribution in [0, 0.1) is 11.7 Å². The quantitative estimate of drug-likeness (QED) is 0.462. The molecule has 0 spiro atoms. The highest BCUT2D eigenvalue weighted by molar-refractivity contribution is 5.89. The van der Waals surface area contributed by atoms with Gasteiger partial charge in [-0.2, -0.15) is 0 Å². The van der Waals surface area contributed by atoms with Crippen LogP contribution in [0.15, 0.2) is 18.2 Å². The van der Waals surface area contributed by atoms with Crippen molar-refractivity contribution in [3.8, 4) is 0 Å². The largest absolute Gasteiger partial charge is 0.462 e. The first-order valence-corrected chi connectivity index (χ1v) is 9.35. The van der Waals surface area contributed by atoms with Crippen LogP contribution in [0.4, 0.5) is 4.39 Å². The lowest BCUT2D eigenvalue weighted by Gasteiger charge is -2.29. The van der Waals surface area contributed by atoms with Crippen molar-refractivity contribution < 1.29 is 23.4 Å². The van der Waals surface area contributed by atoms with E-state index in [2.05, 4.69) is 6.92 Å². The van der Waals surface area contributed by atoms with Gasteiger partial charge in [-0.05, 0) is 25.0 Å². The standard InChI is InChI=1S/C20H29FO4/c1-3-5-7-8-15-13-24-20(25-14-15)17-10-9-16(12-18(17)21)19(22)23-11-6-4-2/h9-10,12,15,20H,3-8,11,13-14H2,1-2H3. The van der Waals surface area contributed by atoms with E-state index in [4.69, 9.17) is 14.2 Å². The van der Waals surface area contributed by atoms with Crippen LogP contribution in [-0.2, 0) is 14.2 Å². The van der Waals surface area contributed by atoms with Crippen molar-refractivity contribution in [3.63, 3.8) is 0 Å². The summed E-state index contributed by atoms with van der Waals surface area (Å²) in [7, 11) is 0. The van der Waals surface area contributed by atoms with Gasteiger partial charge in [0, 0.05) is 11.5 Å². The van der Waals surface area contributed by atoms with Gasteiger partial charge in [0.25, 0.3) is 0 Å². The monoisotopic (exact) mass is 352 g/mol. The van der Waals surface area contributed by atoms with Crippen LogP contribution < -0.4 is 0 Å². The molecule has 0 radical (unpaired) electrons. The molecule has 1 saturated heterocycles. The van der Waals surface area contributed by atoms with Gasteiger partial charge in [-0.15, -0.1) is 0 Å². The summed E-state index contributed by atoms with van der Waals surface area (Å²) in [6, 6.07) is 4.31. The molecule has 0 atom stereocenters. The Morgan fingerprint density at radius 1 is 1.16 bits per heavy atom. The summed E-state index contributed by atoms with van der Waals surface area (Å²) in [5.41, 5.74) is 0.544. The Labute approximate surface area is 149 Å². The van der Waals surface area contributed by atoms with Crippen LogP contribution in [0.5, 0.6) is 0 Å². The lowest BCUT2D eigenvalue weighted by atomic mass is 10.0. The van der Waals surface area contributed by atoms with Gasteiger partial charge < -0.3 is 14.2 Å². The Morgan fingerprint density at radius 3 is 2.52 bits per heavy atom. The van der Waals surface area contributed by atoms with E-state index in [0.717, 1.165) is 19.3 Å². The number of carbonyl (C=O) groups excluding carboxylic acids is 1. The molecule has 25 heavy (non-hydrogen) atoms. The summed E-state index contributed by atoms with van der Waals surface area (Å²) in [4.78, 5) is 11.9. The van der Waals surface area contributed by atoms with Crippen molar-refractivity contribution in [1.82, 2.24) is 0 Å². The van der Waals surface area contributed by atoms with E-state index in [-0.39, 0.29) is 5.56 Å². The fourth-order valence-electron chi connectivity index (χ4n) is 2.81. The molecule has 5 heteroatoms. The highest BCUT2D eigenvalue weighted by atomic mass is 19.1. The summed E-state index contributed by atoms with van der Waals surface area (Å²) in [6.07, 6.45) is 5.69. The van der Waals surface area contributed by atoms with Crippen molar-refractivity contribution in [3.05, 3.63) is 35.1 Å². The summed E-state index contributed by atoms with van der Waals surface area (Å²) in [6.45, 7) is 5.70. The molecule has 0 amide bonds. The Hall–Kier alpha value is -1.46. The third kappa shape index (κ3) is 6.08. The second-order valence-corrected chi connectivity index (χ2v) is 6.59. The smallest absolute Gasteiger partial charge is 0.338 e. The van der Waals surface area contributed by atoms with E-state index >= 15 is 0 Å².